The zero-order valence-electron chi connectivity index (χ0n) is 15.1. The molecule has 2 N–H and O–H groups in total. The van der Waals surface area contributed by atoms with Crippen molar-refractivity contribution in [3.63, 3.8) is 0 Å². The number of aryl methyl sites for hydroxylation is 1. The van der Waals surface area contributed by atoms with Crippen LogP contribution in [0.5, 0.6) is 0 Å². The van der Waals surface area contributed by atoms with Gasteiger partial charge in [0, 0.05) is 11.8 Å². The maximum atomic E-state index is 5.34. The third kappa shape index (κ3) is 4.38. The van der Waals surface area contributed by atoms with Crippen molar-refractivity contribution in [2.24, 2.45) is 0 Å². The summed E-state index contributed by atoms with van der Waals surface area (Å²) >= 11 is 0. The summed E-state index contributed by atoms with van der Waals surface area (Å²) in [5.41, 5.74) is 2.35. The number of para-hydroxylation sites is 1. The summed E-state index contributed by atoms with van der Waals surface area (Å²) < 4.78 is 5.34. The predicted octanol–water partition coefficient (Wildman–Crippen LogP) is 5.03. The van der Waals surface area contributed by atoms with Crippen LogP contribution in [-0.2, 0) is 12.0 Å². The summed E-state index contributed by atoms with van der Waals surface area (Å²) in [4.78, 5) is 8.95. The van der Waals surface area contributed by atoms with E-state index in [9.17, 15) is 0 Å². The van der Waals surface area contributed by atoms with Crippen molar-refractivity contribution >= 4 is 17.3 Å². The quantitative estimate of drug-likeness (QED) is 0.684. The Kier molecular flexibility index (Phi) is 4.74. The molecule has 0 aliphatic heterocycles. The summed E-state index contributed by atoms with van der Waals surface area (Å²) in [6, 6.07) is 14.0. The zero-order chi connectivity index (χ0) is 17.9. The van der Waals surface area contributed by atoms with E-state index in [1.54, 1.807) is 6.26 Å². The summed E-state index contributed by atoms with van der Waals surface area (Å²) in [5, 5.41) is 6.71. The summed E-state index contributed by atoms with van der Waals surface area (Å²) in [6.45, 7) is 9.08. The molecule has 2 aromatic heterocycles. The fourth-order valence-corrected chi connectivity index (χ4v) is 2.70. The molecule has 0 saturated carbocycles. The molecule has 0 unspecified atom stereocenters. The van der Waals surface area contributed by atoms with Gasteiger partial charge in [-0.3, -0.25) is 0 Å². The number of benzene rings is 1. The molecule has 0 fully saturated rings. The van der Waals surface area contributed by atoms with Gasteiger partial charge in [0.25, 0.3) is 0 Å². The third-order valence-electron chi connectivity index (χ3n) is 3.86. The highest BCUT2D eigenvalue weighted by Crippen LogP contribution is 2.31. The van der Waals surface area contributed by atoms with Crippen LogP contribution in [-0.4, -0.2) is 9.97 Å². The van der Waals surface area contributed by atoms with Gasteiger partial charge in [-0.2, -0.15) is 0 Å². The predicted molar refractivity (Wildman–Crippen MR) is 101 cm³/mol. The van der Waals surface area contributed by atoms with Crippen LogP contribution in [0.3, 0.4) is 0 Å². The van der Waals surface area contributed by atoms with E-state index in [-0.39, 0.29) is 5.41 Å². The Bertz CT molecular complexity index is 835. The number of aromatic nitrogens is 2. The smallest absolute Gasteiger partial charge is 0.136 e. The first-order chi connectivity index (χ1) is 11.9. The number of rotatable bonds is 5. The largest absolute Gasteiger partial charge is 0.467 e. The van der Waals surface area contributed by atoms with Gasteiger partial charge in [0.15, 0.2) is 0 Å². The molecular weight excluding hydrogens is 312 g/mol. The van der Waals surface area contributed by atoms with Gasteiger partial charge in [0.1, 0.15) is 23.2 Å². The van der Waals surface area contributed by atoms with E-state index in [1.807, 2.05) is 31.2 Å². The lowest BCUT2D eigenvalue weighted by Gasteiger charge is -2.23. The lowest BCUT2D eigenvalue weighted by molar-refractivity contribution is 0.518. The second-order valence-electron chi connectivity index (χ2n) is 7.04. The van der Waals surface area contributed by atoms with Crippen LogP contribution in [0.25, 0.3) is 0 Å². The average Bonchev–Trinajstić information content (AvgIpc) is 3.05. The van der Waals surface area contributed by atoms with Crippen molar-refractivity contribution in [1.82, 2.24) is 9.97 Å². The molecule has 0 bridgehead atoms. The van der Waals surface area contributed by atoms with E-state index >= 15 is 0 Å². The first-order valence-corrected chi connectivity index (χ1v) is 8.40. The molecule has 0 aliphatic carbocycles. The average molecular weight is 336 g/mol. The van der Waals surface area contributed by atoms with Crippen LogP contribution < -0.4 is 10.6 Å². The van der Waals surface area contributed by atoms with E-state index in [0.717, 1.165) is 23.1 Å². The van der Waals surface area contributed by atoms with Gasteiger partial charge in [-0.25, -0.2) is 9.97 Å². The molecule has 1 aromatic carbocycles. The maximum absolute atomic E-state index is 5.34. The molecule has 0 saturated heterocycles. The summed E-state index contributed by atoms with van der Waals surface area (Å²) in [7, 11) is 0. The molecule has 3 rings (SSSR count). The van der Waals surface area contributed by atoms with E-state index in [0.29, 0.717) is 12.4 Å². The van der Waals surface area contributed by atoms with E-state index in [2.05, 4.69) is 59.6 Å². The van der Waals surface area contributed by atoms with Gasteiger partial charge in [-0.15, -0.1) is 0 Å². The minimum absolute atomic E-state index is 0.0477. The zero-order valence-corrected chi connectivity index (χ0v) is 15.1. The van der Waals surface area contributed by atoms with Crippen LogP contribution in [0.2, 0.25) is 0 Å². The van der Waals surface area contributed by atoms with Crippen molar-refractivity contribution in [2.75, 3.05) is 10.6 Å². The molecule has 0 spiro atoms. The second kappa shape index (κ2) is 6.97. The number of nitrogens with zero attached hydrogens (tertiary/aromatic N) is 2. The molecule has 2 heterocycles. The third-order valence-corrected chi connectivity index (χ3v) is 3.86. The van der Waals surface area contributed by atoms with Crippen LogP contribution in [0.1, 0.15) is 37.9 Å². The van der Waals surface area contributed by atoms with Crippen molar-refractivity contribution in [2.45, 2.75) is 39.7 Å². The Morgan fingerprint density at radius 3 is 2.48 bits per heavy atom. The minimum Gasteiger partial charge on any atom is -0.467 e. The minimum atomic E-state index is 0.0477. The van der Waals surface area contributed by atoms with Crippen LogP contribution in [0.4, 0.5) is 17.3 Å². The Morgan fingerprint density at radius 2 is 1.76 bits per heavy atom. The Morgan fingerprint density at radius 1 is 1.00 bits per heavy atom. The van der Waals surface area contributed by atoms with Crippen molar-refractivity contribution in [1.29, 1.82) is 0 Å². The second-order valence-corrected chi connectivity index (χ2v) is 7.04. The van der Waals surface area contributed by atoms with E-state index < -0.39 is 0 Å². The van der Waals surface area contributed by atoms with E-state index in [1.165, 1.54) is 5.56 Å². The highest BCUT2D eigenvalue weighted by molar-refractivity contribution is 5.64. The van der Waals surface area contributed by atoms with Gasteiger partial charge >= 0.3 is 0 Å². The summed E-state index contributed by atoms with van der Waals surface area (Å²) in [6.07, 6.45) is 1.67. The molecule has 0 atom stereocenters. The number of hydrogen-bond donors (Lipinski definition) is 2. The van der Waals surface area contributed by atoms with Gasteiger partial charge in [0.05, 0.1) is 12.8 Å². The number of nitrogens with one attached hydrogen (secondary N) is 2. The summed E-state index contributed by atoms with van der Waals surface area (Å²) in [5.74, 6) is 3.11. The van der Waals surface area contributed by atoms with Crippen molar-refractivity contribution < 1.29 is 4.42 Å². The number of hydrogen-bond acceptors (Lipinski definition) is 5. The van der Waals surface area contributed by atoms with Gasteiger partial charge in [0.2, 0.25) is 0 Å². The molecule has 3 aromatic rings. The van der Waals surface area contributed by atoms with E-state index in [4.69, 9.17) is 4.42 Å². The fraction of sp³-hybridized carbons (Fsp3) is 0.300. The SMILES string of the molecule is Cc1nc(NCc2ccco2)cc(Nc2ccccc2C(C)(C)C)n1. The topological polar surface area (TPSA) is 63.0 Å². The van der Waals surface area contributed by atoms with Crippen LogP contribution >= 0.6 is 0 Å². The number of furan rings is 1. The lowest BCUT2D eigenvalue weighted by atomic mass is 9.86. The van der Waals surface area contributed by atoms with Crippen molar-refractivity contribution in [3.05, 3.63) is 65.9 Å². The lowest BCUT2D eigenvalue weighted by Crippen LogP contribution is -2.14. The molecule has 130 valence electrons. The monoisotopic (exact) mass is 336 g/mol. The molecule has 5 nitrogen and oxygen atoms in total. The standard InChI is InChI=1S/C20H24N4O/c1-14-22-18(21-13-15-8-7-11-25-15)12-19(23-14)24-17-10-6-5-9-16(17)20(2,3)4/h5-12H,13H2,1-4H3,(H2,21,22,23,24). The molecule has 5 heteroatoms. The fourth-order valence-electron chi connectivity index (χ4n) is 2.70. The highest BCUT2D eigenvalue weighted by Gasteiger charge is 2.17. The molecular formula is C20H24N4O. The van der Waals surface area contributed by atoms with Gasteiger partial charge in [-0.05, 0) is 36.1 Å². The van der Waals surface area contributed by atoms with Crippen molar-refractivity contribution in [3.8, 4) is 0 Å². The molecule has 25 heavy (non-hydrogen) atoms. The Balaban J connectivity index is 1.81. The first kappa shape index (κ1) is 17.0. The normalized spacial score (nSPS) is 11.4. The molecule has 0 radical (unpaired) electrons. The first-order valence-electron chi connectivity index (χ1n) is 8.40. The van der Waals surface area contributed by atoms with Gasteiger partial charge in [-0.1, -0.05) is 39.0 Å². The Hall–Kier alpha value is -2.82. The molecule has 0 aliphatic rings. The Labute approximate surface area is 148 Å². The van der Waals surface area contributed by atoms with Crippen LogP contribution in [0.15, 0.2) is 53.1 Å². The van der Waals surface area contributed by atoms with Gasteiger partial charge < -0.3 is 15.1 Å². The maximum Gasteiger partial charge on any atom is 0.136 e. The highest BCUT2D eigenvalue weighted by atomic mass is 16.3. The number of anilines is 3. The van der Waals surface area contributed by atoms with Crippen LogP contribution in [0, 0.1) is 6.92 Å². The molecule has 0 amide bonds.